The van der Waals surface area contributed by atoms with Gasteiger partial charge in [0, 0.05) is 0 Å². The Kier molecular flexibility index (Phi) is 2.99. The average Bonchev–Trinajstić information content (AvgIpc) is 2.60. The number of aryl methyl sites for hydroxylation is 2. The molecule has 4 heteroatoms. The lowest BCUT2D eigenvalue weighted by Gasteiger charge is -2.11. The molecule has 1 fully saturated rings. The summed E-state index contributed by atoms with van der Waals surface area (Å²) in [4.78, 5) is 10.8. The van der Waals surface area contributed by atoms with Gasteiger partial charge in [0.1, 0.15) is 12.4 Å². The molecule has 0 aliphatic carbocycles. The van der Waals surface area contributed by atoms with E-state index in [2.05, 4.69) is 11.4 Å². The summed E-state index contributed by atoms with van der Waals surface area (Å²) in [6, 6.07) is 6.03. The highest BCUT2D eigenvalue weighted by Gasteiger charge is 2.22. The number of alkyl carbamates (subject to hydrolysis) is 1. The molecule has 2 rings (SSSR count). The topological polar surface area (TPSA) is 47.6 Å². The van der Waals surface area contributed by atoms with Crippen LogP contribution in [0.2, 0.25) is 0 Å². The van der Waals surface area contributed by atoms with Gasteiger partial charge in [-0.05, 0) is 37.1 Å². The Balaban J connectivity index is 1.91. The van der Waals surface area contributed by atoms with Crippen LogP contribution in [0.1, 0.15) is 11.1 Å². The number of amides is 1. The molecule has 0 saturated carbocycles. The van der Waals surface area contributed by atoms with Crippen molar-refractivity contribution in [1.82, 2.24) is 5.32 Å². The van der Waals surface area contributed by atoms with E-state index in [9.17, 15) is 4.79 Å². The van der Waals surface area contributed by atoms with E-state index in [0.717, 1.165) is 16.9 Å². The third kappa shape index (κ3) is 2.66. The molecule has 4 nitrogen and oxygen atoms in total. The second-order valence-corrected chi connectivity index (χ2v) is 4.04. The highest BCUT2D eigenvalue weighted by atomic mass is 16.6. The van der Waals surface area contributed by atoms with Crippen molar-refractivity contribution in [1.29, 1.82) is 0 Å². The molecule has 1 amide bonds. The van der Waals surface area contributed by atoms with E-state index in [1.165, 1.54) is 0 Å². The monoisotopic (exact) mass is 221 g/mol. The minimum Gasteiger partial charge on any atom is -0.490 e. The van der Waals surface area contributed by atoms with Crippen molar-refractivity contribution in [2.75, 3.05) is 13.2 Å². The maximum atomic E-state index is 10.8. The van der Waals surface area contributed by atoms with Gasteiger partial charge >= 0.3 is 6.09 Å². The van der Waals surface area contributed by atoms with Gasteiger partial charge in [0.05, 0.1) is 6.54 Å². The molecule has 0 spiro atoms. The van der Waals surface area contributed by atoms with E-state index in [-0.39, 0.29) is 12.2 Å². The zero-order chi connectivity index (χ0) is 11.5. The van der Waals surface area contributed by atoms with E-state index >= 15 is 0 Å². The lowest BCUT2D eigenvalue weighted by molar-refractivity contribution is 0.105. The number of cyclic esters (lactones) is 1. The van der Waals surface area contributed by atoms with Gasteiger partial charge in [0.15, 0.2) is 6.10 Å². The van der Waals surface area contributed by atoms with Gasteiger partial charge in [0.2, 0.25) is 0 Å². The average molecular weight is 221 g/mol. The van der Waals surface area contributed by atoms with Crippen LogP contribution in [0.5, 0.6) is 5.75 Å². The third-order valence-electron chi connectivity index (χ3n) is 2.38. The van der Waals surface area contributed by atoms with Crippen molar-refractivity contribution in [2.24, 2.45) is 0 Å². The Hall–Kier alpha value is -1.71. The summed E-state index contributed by atoms with van der Waals surface area (Å²) >= 11 is 0. The normalized spacial score (nSPS) is 19.1. The largest absolute Gasteiger partial charge is 0.490 e. The van der Waals surface area contributed by atoms with E-state index in [4.69, 9.17) is 9.47 Å². The third-order valence-corrected chi connectivity index (χ3v) is 2.38. The van der Waals surface area contributed by atoms with Crippen LogP contribution in [0.25, 0.3) is 0 Å². The lowest BCUT2D eigenvalue weighted by Crippen LogP contribution is -2.21. The summed E-state index contributed by atoms with van der Waals surface area (Å²) in [6.07, 6.45) is -0.553. The number of carbonyl (C=O) groups is 1. The van der Waals surface area contributed by atoms with Crippen molar-refractivity contribution < 1.29 is 14.3 Å². The molecule has 1 aromatic rings. The first kappa shape index (κ1) is 10.8. The van der Waals surface area contributed by atoms with Crippen LogP contribution in [0, 0.1) is 13.8 Å². The van der Waals surface area contributed by atoms with Crippen LogP contribution in [-0.2, 0) is 4.74 Å². The molecule has 0 bridgehead atoms. The molecule has 1 saturated heterocycles. The molecular weight excluding hydrogens is 206 g/mol. The molecule has 1 heterocycles. The predicted molar refractivity (Wildman–Crippen MR) is 59.7 cm³/mol. The maximum Gasteiger partial charge on any atom is 0.407 e. The molecular formula is C12H15NO3. The van der Waals surface area contributed by atoms with Crippen LogP contribution in [0.3, 0.4) is 0 Å². The number of carbonyl (C=O) groups excluding carboxylic acids is 1. The predicted octanol–water partition coefficient (Wildman–Crippen LogP) is 1.79. The zero-order valence-corrected chi connectivity index (χ0v) is 9.45. The summed E-state index contributed by atoms with van der Waals surface area (Å²) < 4.78 is 10.6. The smallest absolute Gasteiger partial charge is 0.407 e. The first-order valence-electron chi connectivity index (χ1n) is 5.29. The SMILES string of the molecule is Cc1cc(C)cc(OC[C@H]2CNC(=O)O2)c1. The maximum absolute atomic E-state index is 10.8. The summed E-state index contributed by atoms with van der Waals surface area (Å²) in [6.45, 7) is 4.96. The van der Waals surface area contributed by atoms with Crippen LogP contribution in [-0.4, -0.2) is 25.3 Å². The Labute approximate surface area is 94.6 Å². The summed E-state index contributed by atoms with van der Waals surface area (Å²) in [5.41, 5.74) is 2.33. The van der Waals surface area contributed by atoms with Gasteiger partial charge < -0.3 is 14.8 Å². The number of benzene rings is 1. The number of ether oxygens (including phenoxy) is 2. The van der Waals surface area contributed by atoms with Gasteiger partial charge in [0.25, 0.3) is 0 Å². The van der Waals surface area contributed by atoms with Crippen molar-refractivity contribution in [3.8, 4) is 5.75 Å². The second kappa shape index (κ2) is 4.43. The van der Waals surface area contributed by atoms with Gasteiger partial charge in [-0.3, -0.25) is 0 Å². The Morgan fingerprint density at radius 1 is 1.38 bits per heavy atom. The van der Waals surface area contributed by atoms with Gasteiger partial charge in [-0.2, -0.15) is 0 Å². The number of hydrogen-bond donors (Lipinski definition) is 1. The lowest BCUT2D eigenvalue weighted by atomic mass is 10.1. The molecule has 0 aromatic heterocycles. The minimum atomic E-state index is -0.367. The van der Waals surface area contributed by atoms with Crippen LogP contribution in [0.4, 0.5) is 4.79 Å². The molecule has 16 heavy (non-hydrogen) atoms. The van der Waals surface area contributed by atoms with Crippen LogP contribution >= 0.6 is 0 Å². The Bertz CT molecular complexity index is 383. The quantitative estimate of drug-likeness (QED) is 0.846. The van der Waals surface area contributed by atoms with Gasteiger partial charge in [-0.1, -0.05) is 6.07 Å². The zero-order valence-electron chi connectivity index (χ0n) is 9.45. The first-order valence-corrected chi connectivity index (χ1v) is 5.29. The van der Waals surface area contributed by atoms with Crippen LogP contribution in [0.15, 0.2) is 18.2 Å². The first-order chi connectivity index (χ1) is 7.63. The molecule has 1 aliphatic rings. The molecule has 1 atom stereocenters. The van der Waals surface area contributed by atoms with Crippen molar-refractivity contribution in [3.63, 3.8) is 0 Å². The number of hydrogen-bond acceptors (Lipinski definition) is 3. The highest BCUT2D eigenvalue weighted by Crippen LogP contribution is 2.16. The fourth-order valence-corrected chi connectivity index (χ4v) is 1.73. The molecule has 0 unspecified atom stereocenters. The van der Waals surface area contributed by atoms with E-state index in [1.54, 1.807) is 0 Å². The van der Waals surface area contributed by atoms with Gasteiger partial charge in [-0.15, -0.1) is 0 Å². The van der Waals surface area contributed by atoms with Crippen molar-refractivity contribution in [2.45, 2.75) is 20.0 Å². The fourth-order valence-electron chi connectivity index (χ4n) is 1.73. The Morgan fingerprint density at radius 3 is 2.62 bits per heavy atom. The minimum absolute atomic E-state index is 0.187. The van der Waals surface area contributed by atoms with E-state index in [1.807, 2.05) is 26.0 Å². The standard InChI is InChI=1S/C12H15NO3/c1-8-3-9(2)5-10(4-8)15-7-11-6-13-12(14)16-11/h3-5,11H,6-7H2,1-2H3,(H,13,14)/t11-/m1/s1. The molecule has 1 aliphatic heterocycles. The number of rotatable bonds is 3. The molecule has 1 N–H and O–H groups in total. The molecule has 86 valence electrons. The van der Waals surface area contributed by atoms with Gasteiger partial charge in [-0.25, -0.2) is 4.79 Å². The van der Waals surface area contributed by atoms with E-state index in [0.29, 0.717) is 13.2 Å². The van der Waals surface area contributed by atoms with Crippen molar-refractivity contribution >= 4 is 6.09 Å². The summed E-state index contributed by atoms with van der Waals surface area (Å²) in [7, 11) is 0. The fraction of sp³-hybridized carbons (Fsp3) is 0.417. The highest BCUT2D eigenvalue weighted by molar-refractivity contribution is 5.69. The van der Waals surface area contributed by atoms with Crippen LogP contribution < -0.4 is 10.1 Å². The molecule has 1 aromatic carbocycles. The van der Waals surface area contributed by atoms with Crippen molar-refractivity contribution in [3.05, 3.63) is 29.3 Å². The second-order valence-electron chi connectivity index (χ2n) is 4.04. The molecule has 0 radical (unpaired) electrons. The van der Waals surface area contributed by atoms with E-state index < -0.39 is 0 Å². The summed E-state index contributed by atoms with van der Waals surface area (Å²) in [5.74, 6) is 0.820. The Morgan fingerprint density at radius 2 is 2.06 bits per heavy atom. The number of nitrogens with one attached hydrogen (secondary N) is 1. The summed E-state index contributed by atoms with van der Waals surface area (Å²) in [5, 5.41) is 2.59.